The first-order chi connectivity index (χ1) is 12.9. The summed E-state index contributed by atoms with van der Waals surface area (Å²) in [6.07, 6.45) is 12.1. The topological polar surface area (TPSA) is 58.6 Å². The number of allylic oxidation sites excluding steroid dienone is 5. The van der Waals surface area contributed by atoms with Gasteiger partial charge in [-0.3, -0.25) is 4.99 Å². The summed E-state index contributed by atoms with van der Waals surface area (Å²) >= 11 is 5.90. The Morgan fingerprint density at radius 1 is 1.25 bits per heavy atom. The molecule has 0 aromatic heterocycles. The largest absolute Gasteiger partial charge is 2.00 e. The Kier molecular flexibility index (Phi) is 18.9. The molecule has 152 valence electrons. The summed E-state index contributed by atoms with van der Waals surface area (Å²) in [5.74, 6) is 0.118. The van der Waals surface area contributed by atoms with Gasteiger partial charge in [0, 0.05) is 16.3 Å². The van der Waals surface area contributed by atoms with Crippen LogP contribution in [0.15, 0.2) is 58.8 Å². The van der Waals surface area contributed by atoms with E-state index in [2.05, 4.69) is 31.8 Å². The molecule has 0 saturated carbocycles. The second-order valence-electron chi connectivity index (χ2n) is 6.05. The number of nitrogens with two attached hydrogens (primary N) is 1. The second-order valence-corrected chi connectivity index (χ2v) is 6.48. The van der Waals surface area contributed by atoms with Crippen LogP contribution in [0, 0.1) is 45.0 Å². The summed E-state index contributed by atoms with van der Waals surface area (Å²) in [6.45, 7) is 13.6. The molecule has 0 atom stereocenters. The van der Waals surface area contributed by atoms with Gasteiger partial charge in [-0.2, -0.15) is 12.8 Å². The molecular formula is C23H33ClN2OU. The van der Waals surface area contributed by atoms with Crippen molar-refractivity contribution in [2.24, 2.45) is 10.7 Å². The average Bonchev–Trinajstić information content (AvgIpc) is 2.61. The minimum atomic E-state index is 0. The van der Waals surface area contributed by atoms with Crippen LogP contribution in [0.5, 0.6) is 5.75 Å². The Labute approximate surface area is 200 Å². The van der Waals surface area contributed by atoms with Gasteiger partial charge in [0.1, 0.15) is 5.75 Å². The van der Waals surface area contributed by atoms with Crippen molar-refractivity contribution in [3.63, 3.8) is 0 Å². The Balaban J connectivity index is 0. The maximum atomic E-state index is 10.1. The van der Waals surface area contributed by atoms with Crippen molar-refractivity contribution in [3.8, 4) is 5.75 Å². The molecule has 0 aliphatic carbocycles. The first-order valence-corrected chi connectivity index (χ1v) is 9.62. The molecule has 0 bridgehead atoms. The minimum Gasteiger partial charge on any atom is -0.507 e. The molecule has 0 unspecified atom stereocenters. The van der Waals surface area contributed by atoms with Gasteiger partial charge >= 0.3 is 31.1 Å². The van der Waals surface area contributed by atoms with E-state index in [4.69, 9.17) is 17.3 Å². The van der Waals surface area contributed by atoms with E-state index in [1.54, 1.807) is 12.1 Å². The summed E-state index contributed by atoms with van der Waals surface area (Å²) in [6, 6.07) is 5.04. The van der Waals surface area contributed by atoms with Crippen molar-refractivity contribution in [2.75, 3.05) is 6.54 Å². The Bertz CT molecular complexity index is 673. The number of aromatic hydroxyl groups is 1. The monoisotopic (exact) mass is 626 g/mol. The van der Waals surface area contributed by atoms with Gasteiger partial charge < -0.3 is 24.7 Å². The van der Waals surface area contributed by atoms with E-state index in [-0.39, 0.29) is 36.9 Å². The molecule has 0 saturated heterocycles. The third-order valence-corrected chi connectivity index (χ3v) is 3.70. The summed E-state index contributed by atoms with van der Waals surface area (Å²) < 4.78 is 0. The van der Waals surface area contributed by atoms with Gasteiger partial charge in [-0.05, 0) is 50.1 Å². The van der Waals surface area contributed by atoms with Crippen LogP contribution in [0.1, 0.15) is 52.0 Å². The predicted molar refractivity (Wildman–Crippen MR) is 120 cm³/mol. The maximum absolute atomic E-state index is 10.1. The van der Waals surface area contributed by atoms with Crippen molar-refractivity contribution in [1.82, 2.24) is 0 Å². The molecule has 1 aromatic rings. The van der Waals surface area contributed by atoms with Crippen molar-refractivity contribution >= 4 is 17.3 Å². The van der Waals surface area contributed by atoms with E-state index in [1.807, 2.05) is 32.1 Å². The van der Waals surface area contributed by atoms with Crippen molar-refractivity contribution in [3.05, 3.63) is 78.2 Å². The molecule has 1 aromatic carbocycles. The third-order valence-electron chi connectivity index (χ3n) is 3.47. The number of nitrogens with zero attached hydrogens (tertiary/aromatic N) is 1. The zero-order valence-corrected chi connectivity index (χ0v) is 22.3. The number of phenols is 1. The zero-order valence-electron chi connectivity index (χ0n) is 17.3. The normalized spacial score (nSPS) is 12.4. The van der Waals surface area contributed by atoms with E-state index in [1.165, 1.54) is 12.5 Å². The number of rotatable bonds is 8. The number of phenolic OH excluding ortho intramolecular Hbond substituents is 1. The van der Waals surface area contributed by atoms with E-state index >= 15 is 0 Å². The van der Waals surface area contributed by atoms with Crippen molar-refractivity contribution in [1.29, 1.82) is 0 Å². The van der Waals surface area contributed by atoms with E-state index in [9.17, 15) is 5.11 Å². The van der Waals surface area contributed by atoms with Crippen LogP contribution < -0.4 is 5.73 Å². The first-order valence-electron chi connectivity index (χ1n) is 9.25. The average molecular weight is 627 g/mol. The Morgan fingerprint density at radius 3 is 2.36 bits per heavy atom. The molecule has 0 radical (unpaired) electrons. The predicted octanol–water partition coefficient (Wildman–Crippen LogP) is 6.43. The Morgan fingerprint density at radius 2 is 1.89 bits per heavy atom. The van der Waals surface area contributed by atoms with Gasteiger partial charge in [0.25, 0.3) is 0 Å². The molecule has 0 amide bonds. The SMILES string of the molecule is CC/C=C\C=C(/C)C(=NC/C=C(\C)N)c1ccc(Cl)cc1O.[CH2-]CCC[CH2-].[U+2]. The number of halogens is 1. The van der Waals surface area contributed by atoms with Crippen LogP contribution in [0.3, 0.4) is 0 Å². The number of hydrogen-bond donors (Lipinski definition) is 2. The summed E-state index contributed by atoms with van der Waals surface area (Å²) in [4.78, 5) is 4.56. The van der Waals surface area contributed by atoms with Crippen LogP contribution >= 0.6 is 11.6 Å². The van der Waals surface area contributed by atoms with Gasteiger partial charge in [-0.15, -0.1) is 6.42 Å². The van der Waals surface area contributed by atoms with E-state index < -0.39 is 0 Å². The smallest absolute Gasteiger partial charge is 0.507 e. The minimum absolute atomic E-state index is 0. The van der Waals surface area contributed by atoms with Gasteiger partial charge in [-0.1, -0.05) is 36.8 Å². The second kappa shape index (κ2) is 18.1. The number of hydrogen-bond acceptors (Lipinski definition) is 3. The molecule has 3 N–H and O–H groups in total. The molecule has 1 rings (SSSR count). The summed E-state index contributed by atoms with van der Waals surface area (Å²) in [7, 11) is 0. The molecular weight excluding hydrogens is 594 g/mol. The van der Waals surface area contributed by atoms with Crippen LogP contribution in [0.4, 0.5) is 0 Å². The maximum Gasteiger partial charge on any atom is 2.00 e. The molecule has 28 heavy (non-hydrogen) atoms. The van der Waals surface area contributed by atoms with Crippen molar-refractivity contribution in [2.45, 2.75) is 46.5 Å². The quantitative estimate of drug-likeness (QED) is 0.198. The number of benzene rings is 1. The Hall–Kier alpha value is -0.948. The molecule has 0 aliphatic rings. The van der Waals surface area contributed by atoms with Crippen molar-refractivity contribution < 1.29 is 36.2 Å². The standard InChI is InChI=1S/C18H23ClN2O.C5H10.U/c1-4-5-6-7-13(2)18(21-11-10-14(3)20)16-9-8-15(19)12-17(16)22;1-3-5-4-2;/h5-10,12,22H,4,11,20H2,1-3H3;1-5H2;/q;-2;+2/b6-5-,13-7+,14-10+,21-18?;;. The van der Waals surface area contributed by atoms with Gasteiger partial charge in [0.15, 0.2) is 0 Å². The summed E-state index contributed by atoms with van der Waals surface area (Å²) in [5, 5.41) is 10.6. The molecule has 0 spiro atoms. The first kappa shape index (κ1) is 29.3. The third kappa shape index (κ3) is 13.3. The fourth-order valence-electron chi connectivity index (χ4n) is 2.01. The van der Waals surface area contributed by atoms with Gasteiger partial charge in [-0.25, -0.2) is 0 Å². The molecule has 5 heteroatoms. The van der Waals surface area contributed by atoms with Gasteiger partial charge in [0.05, 0.1) is 12.3 Å². The van der Waals surface area contributed by atoms with Crippen LogP contribution in [0.25, 0.3) is 0 Å². The molecule has 0 aliphatic heterocycles. The van der Waals surface area contributed by atoms with Crippen LogP contribution in [-0.2, 0) is 0 Å². The van der Waals surface area contributed by atoms with E-state index in [0.717, 1.165) is 36.2 Å². The van der Waals surface area contributed by atoms with E-state index in [0.29, 0.717) is 17.1 Å². The van der Waals surface area contributed by atoms with Gasteiger partial charge in [0.2, 0.25) is 0 Å². The molecule has 0 heterocycles. The molecule has 3 nitrogen and oxygen atoms in total. The number of unbranched alkanes of at least 4 members (excludes halogenated alkanes) is 2. The molecule has 0 fully saturated rings. The zero-order chi connectivity index (χ0) is 20.7. The van der Waals surface area contributed by atoms with Crippen LogP contribution in [0.2, 0.25) is 5.02 Å². The fourth-order valence-corrected chi connectivity index (χ4v) is 2.18. The van der Waals surface area contributed by atoms with Crippen LogP contribution in [-0.4, -0.2) is 17.4 Å². The summed E-state index contributed by atoms with van der Waals surface area (Å²) in [5.41, 5.74) is 8.71. The fraction of sp³-hybridized carbons (Fsp3) is 0.348. The number of aliphatic imine (C=N–C) groups is 1.